The van der Waals surface area contributed by atoms with E-state index < -0.39 is 12.0 Å². The molecule has 3 heterocycles. The Kier molecular flexibility index (Phi) is 5.43. The fraction of sp³-hybridized carbons (Fsp3) is 0.583. The highest BCUT2D eigenvalue weighted by Crippen LogP contribution is 2.36. The Morgan fingerprint density at radius 1 is 1.16 bits per heavy atom. The number of fused-ring (bicyclic) bond motifs is 1. The number of likely N-dealkylation sites (tertiary alicyclic amines) is 1. The number of carbonyl (C=O) groups excluding carboxylic acids is 2. The number of allylic oxidation sites excluding steroid dienone is 1. The molecule has 1 aromatic rings. The number of hydrogen-bond acceptors (Lipinski definition) is 4. The van der Waals surface area contributed by atoms with Crippen molar-refractivity contribution >= 4 is 11.8 Å². The Bertz CT molecular complexity index is 950. The number of benzene rings is 1. The fourth-order valence-corrected chi connectivity index (χ4v) is 5.56. The van der Waals surface area contributed by atoms with E-state index in [2.05, 4.69) is 11.9 Å². The van der Waals surface area contributed by atoms with Crippen LogP contribution in [0.2, 0.25) is 0 Å². The largest absolute Gasteiger partial charge is 0.489 e. The van der Waals surface area contributed by atoms with Gasteiger partial charge in [-0.25, -0.2) is 8.78 Å². The summed E-state index contributed by atoms with van der Waals surface area (Å²) in [5.74, 6) is -2.29. The van der Waals surface area contributed by atoms with E-state index >= 15 is 0 Å². The van der Waals surface area contributed by atoms with Gasteiger partial charge in [0.05, 0.1) is 6.54 Å². The third-order valence-corrected chi connectivity index (χ3v) is 7.23. The third kappa shape index (κ3) is 4.00. The van der Waals surface area contributed by atoms with Crippen LogP contribution in [0.3, 0.4) is 0 Å². The van der Waals surface area contributed by atoms with Gasteiger partial charge in [-0.15, -0.1) is 0 Å². The summed E-state index contributed by atoms with van der Waals surface area (Å²) in [6.07, 6.45) is 4.73. The van der Waals surface area contributed by atoms with Crippen molar-refractivity contribution < 1.29 is 23.1 Å². The van der Waals surface area contributed by atoms with E-state index in [0.29, 0.717) is 42.9 Å². The van der Waals surface area contributed by atoms with Gasteiger partial charge in [0.2, 0.25) is 5.91 Å². The van der Waals surface area contributed by atoms with Crippen molar-refractivity contribution in [3.05, 3.63) is 41.6 Å². The number of rotatable bonds is 4. The van der Waals surface area contributed by atoms with Crippen LogP contribution in [0.5, 0.6) is 5.75 Å². The molecule has 32 heavy (non-hydrogen) atoms. The monoisotopic (exact) mass is 445 g/mol. The summed E-state index contributed by atoms with van der Waals surface area (Å²) in [6, 6.07) is 4.91. The number of alkyl halides is 2. The molecule has 1 aliphatic carbocycles. The van der Waals surface area contributed by atoms with Crippen LogP contribution in [0.15, 0.2) is 30.5 Å². The quantitative estimate of drug-likeness (QED) is 0.771. The molecule has 3 fully saturated rings. The summed E-state index contributed by atoms with van der Waals surface area (Å²) < 4.78 is 33.9. The molecule has 3 atom stereocenters. The van der Waals surface area contributed by atoms with Crippen LogP contribution in [0.25, 0.3) is 0 Å². The number of halogens is 2. The topological polar surface area (TPSA) is 61.9 Å². The second-order valence-corrected chi connectivity index (χ2v) is 9.48. The van der Waals surface area contributed by atoms with E-state index in [1.807, 2.05) is 11.0 Å². The minimum absolute atomic E-state index is 0.0115. The number of carbonyl (C=O) groups is 2. The minimum atomic E-state index is -2.61. The smallest absolute Gasteiger partial charge is 0.261 e. The average Bonchev–Trinajstić information content (AvgIpc) is 3.27. The van der Waals surface area contributed by atoms with Crippen LogP contribution in [0, 0.1) is 0 Å². The first kappa shape index (κ1) is 21.4. The zero-order chi connectivity index (χ0) is 22.5. The first-order chi connectivity index (χ1) is 15.3. The van der Waals surface area contributed by atoms with Crippen molar-refractivity contribution in [1.29, 1.82) is 0 Å². The lowest BCUT2D eigenvalue weighted by molar-refractivity contribution is -0.126. The Labute approximate surface area is 186 Å². The third-order valence-electron chi connectivity index (χ3n) is 7.23. The molecule has 8 heteroatoms. The van der Waals surface area contributed by atoms with Gasteiger partial charge in [0.15, 0.2) is 0 Å². The number of amides is 2. The molecule has 1 N–H and O–H groups in total. The molecule has 2 saturated heterocycles. The molecule has 1 saturated carbocycles. The van der Waals surface area contributed by atoms with E-state index in [1.54, 1.807) is 17.0 Å². The molecule has 0 bridgehead atoms. The van der Waals surface area contributed by atoms with Crippen LogP contribution >= 0.6 is 0 Å². The number of piperidine rings is 1. The van der Waals surface area contributed by atoms with E-state index in [4.69, 9.17) is 4.74 Å². The van der Waals surface area contributed by atoms with Crippen molar-refractivity contribution in [2.75, 3.05) is 13.1 Å². The number of ether oxygens (including phenoxy) is 1. The highest BCUT2D eigenvalue weighted by Gasteiger charge is 2.44. The van der Waals surface area contributed by atoms with Gasteiger partial charge in [-0.2, -0.15) is 0 Å². The molecule has 6 nitrogen and oxygen atoms in total. The Morgan fingerprint density at radius 2 is 1.97 bits per heavy atom. The first-order valence-corrected chi connectivity index (χ1v) is 11.5. The molecule has 1 unspecified atom stereocenters. The van der Waals surface area contributed by atoms with Gasteiger partial charge in [0.25, 0.3) is 11.8 Å². The lowest BCUT2D eigenvalue weighted by Crippen LogP contribution is -2.49. The molecule has 0 spiro atoms. The van der Waals surface area contributed by atoms with Crippen molar-refractivity contribution in [3.8, 4) is 5.75 Å². The van der Waals surface area contributed by atoms with Gasteiger partial charge in [0.1, 0.15) is 17.9 Å². The Balaban J connectivity index is 1.29. The summed E-state index contributed by atoms with van der Waals surface area (Å²) in [7, 11) is 0. The number of nitrogens with zero attached hydrogens (tertiary/aromatic N) is 2. The van der Waals surface area contributed by atoms with E-state index in [-0.39, 0.29) is 36.9 Å². The number of nitrogens with one attached hydrogen (secondary N) is 1. The molecule has 2 amide bonds. The molecule has 172 valence electrons. The highest BCUT2D eigenvalue weighted by atomic mass is 19.3. The zero-order valence-electron chi connectivity index (χ0n) is 18.1. The van der Waals surface area contributed by atoms with Gasteiger partial charge in [-0.3, -0.25) is 14.5 Å². The van der Waals surface area contributed by atoms with Gasteiger partial charge in [-0.05, 0) is 55.9 Å². The van der Waals surface area contributed by atoms with Crippen LogP contribution < -0.4 is 10.1 Å². The van der Waals surface area contributed by atoms with Gasteiger partial charge in [0, 0.05) is 36.8 Å². The summed E-state index contributed by atoms with van der Waals surface area (Å²) >= 11 is 0. The maximum Gasteiger partial charge on any atom is 0.261 e. The Hall–Kier alpha value is -2.48. The van der Waals surface area contributed by atoms with E-state index in [9.17, 15) is 18.4 Å². The SMILES string of the molecule is C=C1CCC(N2Cc3cc(O[C@H]4CCCC[C@@H]4N4CCC(F)(F)C4)ccc3C2=O)C(=O)N1. The lowest BCUT2D eigenvalue weighted by Gasteiger charge is -2.37. The van der Waals surface area contributed by atoms with Gasteiger partial charge >= 0.3 is 0 Å². The molecular formula is C24H29F2N3O3. The molecular weight excluding hydrogens is 416 g/mol. The summed E-state index contributed by atoms with van der Waals surface area (Å²) in [5, 5.41) is 2.75. The van der Waals surface area contributed by atoms with Crippen LogP contribution in [-0.2, 0) is 11.3 Å². The number of hydrogen-bond donors (Lipinski definition) is 1. The second-order valence-electron chi connectivity index (χ2n) is 9.48. The lowest BCUT2D eigenvalue weighted by atomic mass is 9.91. The molecule has 3 aliphatic heterocycles. The van der Waals surface area contributed by atoms with Crippen molar-refractivity contribution in [3.63, 3.8) is 0 Å². The van der Waals surface area contributed by atoms with Crippen molar-refractivity contribution in [1.82, 2.24) is 15.1 Å². The zero-order valence-corrected chi connectivity index (χ0v) is 18.1. The normalized spacial score (nSPS) is 30.4. The van der Waals surface area contributed by atoms with Crippen molar-refractivity contribution in [2.24, 2.45) is 0 Å². The second kappa shape index (κ2) is 8.14. The molecule has 0 aromatic heterocycles. The highest BCUT2D eigenvalue weighted by molar-refractivity contribution is 6.01. The first-order valence-electron chi connectivity index (χ1n) is 11.5. The van der Waals surface area contributed by atoms with Gasteiger partial charge < -0.3 is 15.0 Å². The summed E-state index contributed by atoms with van der Waals surface area (Å²) in [6.45, 7) is 4.37. The fourth-order valence-electron chi connectivity index (χ4n) is 5.56. The maximum absolute atomic E-state index is 13.8. The predicted octanol–water partition coefficient (Wildman–Crippen LogP) is 3.47. The van der Waals surface area contributed by atoms with Crippen molar-refractivity contribution in [2.45, 2.75) is 75.6 Å². The maximum atomic E-state index is 13.8. The average molecular weight is 446 g/mol. The van der Waals surface area contributed by atoms with Crippen LogP contribution in [0.4, 0.5) is 8.78 Å². The van der Waals surface area contributed by atoms with Crippen LogP contribution in [0.1, 0.15) is 60.9 Å². The Morgan fingerprint density at radius 3 is 2.72 bits per heavy atom. The molecule has 4 aliphatic rings. The van der Waals surface area contributed by atoms with Crippen LogP contribution in [-0.4, -0.2) is 58.8 Å². The standard InChI is InChI=1S/C24H29F2N3O3/c1-15-6-9-20(22(30)27-15)29-13-16-12-17(7-8-18(16)23(29)31)32-21-5-3-2-4-19(21)28-11-10-24(25,26)14-28/h7-8,12,19-21H,1-6,9-11,13-14H2,(H,27,30)/t19-,20?,21-/m0/s1. The van der Waals surface area contributed by atoms with E-state index in [0.717, 1.165) is 31.2 Å². The molecule has 5 rings (SSSR count). The van der Waals surface area contributed by atoms with E-state index in [1.165, 1.54) is 0 Å². The summed E-state index contributed by atoms with van der Waals surface area (Å²) in [4.78, 5) is 28.8. The minimum Gasteiger partial charge on any atom is -0.489 e. The van der Waals surface area contributed by atoms with Gasteiger partial charge in [-0.1, -0.05) is 13.0 Å². The molecule has 1 aromatic carbocycles. The predicted molar refractivity (Wildman–Crippen MR) is 114 cm³/mol. The molecule has 0 radical (unpaired) electrons. The summed E-state index contributed by atoms with van der Waals surface area (Å²) in [5.41, 5.74) is 2.11.